The van der Waals surface area contributed by atoms with Crippen LogP contribution in [0.2, 0.25) is 0 Å². The summed E-state index contributed by atoms with van der Waals surface area (Å²) in [7, 11) is 0. The van der Waals surface area contributed by atoms with Crippen molar-refractivity contribution in [1.29, 1.82) is 5.26 Å². The zero-order valence-corrected chi connectivity index (χ0v) is 22.8. The molecule has 0 N–H and O–H groups in total. The molecule has 196 valence electrons. The van der Waals surface area contributed by atoms with Crippen LogP contribution in [0.1, 0.15) is 5.56 Å². The summed E-state index contributed by atoms with van der Waals surface area (Å²) in [5.74, 6) is 0. The number of nitriles is 1. The normalized spacial score (nSPS) is 11.7. The van der Waals surface area contributed by atoms with E-state index in [0.717, 1.165) is 33.9 Å². The van der Waals surface area contributed by atoms with E-state index >= 15 is 0 Å². The van der Waals surface area contributed by atoms with Crippen LogP contribution < -0.4 is 4.90 Å². The lowest BCUT2D eigenvalue weighted by molar-refractivity contribution is 1.13. The third-order valence-corrected chi connectivity index (χ3v) is 8.16. The zero-order chi connectivity index (χ0) is 28.0. The second-order valence-electron chi connectivity index (χ2n) is 10.5. The lowest BCUT2D eigenvalue weighted by Gasteiger charge is -2.28. The number of nitrogens with zero attached hydrogens (tertiary/aromatic N) is 3. The largest absolute Gasteiger partial charge is 0.309 e. The summed E-state index contributed by atoms with van der Waals surface area (Å²) >= 11 is 0. The number of fused-ring (bicyclic) bond motifs is 7. The summed E-state index contributed by atoms with van der Waals surface area (Å²) in [6.45, 7) is 0. The number of hydrogen-bond acceptors (Lipinski definition) is 2. The van der Waals surface area contributed by atoms with Crippen LogP contribution in [0.5, 0.6) is 0 Å². The lowest BCUT2D eigenvalue weighted by Crippen LogP contribution is -2.11. The van der Waals surface area contributed by atoms with Gasteiger partial charge in [0.15, 0.2) is 0 Å². The lowest BCUT2D eigenvalue weighted by atomic mass is 9.98. The van der Waals surface area contributed by atoms with Crippen LogP contribution in [0, 0.1) is 11.3 Å². The molecule has 0 radical (unpaired) electrons. The van der Waals surface area contributed by atoms with E-state index in [1.165, 1.54) is 33.3 Å². The molecule has 0 saturated heterocycles. The molecule has 6 aromatic carbocycles. The molecule has 1 aromatic heterocycles. The number of para-hydroxylation sites is 4. The van der Waals surface area contributed by atoms with Gasteiger partial charge in [-0.05, 0) is 65.7 Å². The van der Waals surface area contributed by atoms with E-state index in [4.69, 9.17) is 0 Å². The average molecular weight is 536 g/mol. The molecule has 2 heterocycles. The van der Waals surface area contributed by atoms with Crippen molar-refractivity contribution < 1.29 is 0 Å². The van der Waals surface area contributed by atoms with Gasteiger partial charge in [0.25, 0.3) is 0 Å². The molecule has 3 nitrogen and oxygen atoms in total. The first kappa shape index (κ1) is 24.0. The van der Waals surface area contributed by atoms with E-state index in [1.807, 2.05) is 24.3 Å². The second kappa shape index (κ2) is 9.66. The van der Waals surface area contributed by atoms with E-state index in [9.17, 15) is 5.26 Å². The maximum Gasteiger partial charge on any atom is 0.0991 e. The third kappa shape index (κ3) is 3.67. The first-order valence-corrected chi connectivity index (χ1v) is 14.1. The summed E-state index contributed by atoms with van der Waals surface area (Å²) in [5.41, 5.74) is 13.3. The van der Waals surface area contributed by atoms with E-state index in [1.54, 1.807) is 0 Å². The Kier molecular flexibility index (Phi) is 5.52. The fourth-order valence-electron chi connectivity index (χ4n) is 6.33. The van der Waals surface area contributed by atoms with Crippen LogP contribution in [-0.2, 0) is 0 Å². The molecule has 3 heteroatoms. The van der Waals surface area contributed by atoms with Crippen LogP contribution >= 0.6 is 0 Å². The Bertz CT molecular complexity index is 2150. The number of rotatable bonds is 3. The molecule has 0 fully saturated rings. The molecule has 8 rings (SSSR count). The molecule has 0 unspecified atom stereocenters. The van der Waals surface area contributed by atoms with E-state index in [2.05, 4.69) is 143 Å². The van der Waals surface area contributed by atoms with Gasteiger partial charge in [-0.2, -0.15) is 5.26 Å². The molecule has 0 saturated carbocycles. The maximum absolute atomic E-state index is 9.28. The fourth-order valence-corrected chi connectivity index (χ4v) is 6.33. The SMILES string of the molecule is N#Cc1ccc(-c2cccc(N3c4ccccc4-c4c(n(-c5ccccc5)c5ccccc45)-c4ccccc43)c2)cc1. The number of aromatic nitrogens is 1. The molecule has 0 aliphatic carbocycles. The van der Waals surface area contributed by atoms with Crippen molar-refractivity contribution in [1.82, 2.24) is 4.57 Å². The number of benzene rings is 6. The van der Waals surface area contributed by atoms with Crippen molar-refractivity contribution >= 4 is 28.0 Å². The Labute approximate surface area is 244 Å². The Hall–Kier alpha value is -5.85. The highest BCUT2D eigenvalue weighted by Crippen LogP contribution is 2.54. The van der Waals surface area contributed by atoms with Crippen molar-refractivity contribution in [2.24, 2.45) is 0 Å². The molecule has 0 atom stereocenters. The Morgan fingerprint density at radius 2 is 1.14 bits per heavy atom. The molecule has 1 aliphatic rings. The van der Waals surface area contributed by atoms with Crippen LogP contribution in [-0.4, -0.2) is 4.57 Å². The number of hydrogen-bond donors (Lipinski definition) is 0. The van der Waals surface area contributed by atoms with Gasteiger partial charge >= 0.3 is 0 Å². The fraction of sp³-hybridized carbons (Fsp3) is 0. The molecule has 7 aromatic rings. The van der Waals surface area contributed by atoms with Crippen LogP contribution in [0.4, 0.5) is 17.1 Å². The van der Waals surface area contributed by atoms with Crippen LogP contribution in [0.25, 0.3) is 50.1 Å². The summed E-state index contributed by atoms with van der Waals surface area (Å²) in [4.78, 5) is 2.39. The minimum atomic E-state index is 0.661. The molecule has 0 amide bonds. The Morgan fingerprint density at radius 1 is 0.500 bits per heavy atom. The summed E-state index contributed by atoms with van der Waals surface area (Å²) in [6.07, 6.45) is 0. The highest BCUT2D eigenvalue weighted by atomic mass is 15.2. The smallest absolute Gasteiger partial charge is 0.0991 e. The minimum absolute atomic E-state index is 0.661. The van der Waals surface area contributed by atoms with Gasteiger partial charge in [0.05, 0.1) is 34.2 Å². The van der Waals surface area contributed by atoms with E-state index in [0.29, 0.717) is 5.56 Å². The highest BCUT2D eigenvalue weighted by molar-refractivity contribution is 6.13. The van der Waals surface area contributed by atoms with Gasteiger partial charge in [0, 0.05) is 33.5 Å². The highest BCUT2D eigenvalue weighted by Gasteiger charge is 2.31. The Balaban J connectivity index is 1.44. The first-order valence-electron chi connectivity index (χ1n) is 14.1. The minimum Gasteiger partial charge on any atom is -0.309 e. The number of anilines is 3. The Morgan fingerprint density at radius 3 is 1.93 bits per heavy atom. The van der Waals surface area contributed by atoms with Crippen molar-refractivity contribution in [2.45, 2.75) is 0 Å². The topological polar surface area (TPSA) is 32.0 Å². The monoisotopic (exact) mass is 535 g/mol. The summed E-state index contributed by atoms with van der Waals surface area (Å²) < 4.78 is 2.41. The zero-order valence-electron chi connectivity index (χ0n) is 22.8. The molecule has 42 heavy (non-hydrogen) atoms. The average Bonchev–Trinajstić information content (AvgIpc) is 3.34. The van der Waals surface area contributed by atoms with Gasteiger partial charge in [-0.3, -0.25) is 0 Å². The van der Waals surface area contributed by atoms with Crippen molar-refractivity contribution in [3.63, 3.8) is 0 Å². The quantitative estimate of drug-likeness (QED) is 0.225. The predicted molar refractivity (Wildman–Crippen MR) is 173 cm³/mol. The maximum atomic E-state index is 9.28. The van der Waals surface area contributed by atoms with Crippen molar-refractivity contribution in [3.8, 4) is 45.3 Å². The summed E-state index contributed by atoms with van der Waals surface area (Å²) in [5, 5.41) is 10.5. The molecular formula is C39H25N3. The van der Waals surface area contributed by atoms with E-state index < -0.39 is 0 Å². The van der Waals surface area contributed by atoms with Gasteiger partial charge < -0.3 is 9.47 Å². The van der Waals surface area contributed by atoms with Crippen molar-refractivity contribution in [3.05, 3.63) is 157 Å². The van der Waals surface area contributed by atoms with Crippen LogP contribution in [0.15, 0.2) is 152 Å². The molecule has 0 spiro atoms. The molecule has 1 aliphatic heterocycles. The van der Waals surface area contributed by atoms with Crippen LogP contribution in [0.3, 0.4) is 0 Å². The predicted octanol–water partition coefficient (Wildman–Crippen LogP) is 10.3. The first-order chi connectivity index (χ1) is 20.8. The summed E-state index contributed by atoms with van der Waals surface area (Å²) in [6, 6.07) is 55.5. The molecular weight excluding hydrogens is 510 g/mol. The third-order valence-electron chi connectivity index (χ3n) is 8.16. The van der Waals surface area contributed by atoms with Gasteiger partial charge in [0.1, 0.15) is 0 Å². The van der Waals surface area contributed by atoms with Gasteiger partial charge in [0.2, 0.25) is 0 Å². The van der Waals surface area contributed by atoms with Gasteiger partial charge in [-0.25, -0.2) is 0 Å². The standard InChI is InChI=1S/C39H25N3/c40-26-27-21-23-28(24-22-27)29-11-10-14-31(25-29)41-35-18-7-4-15-32(35)38-33-16-5-8-19-36(33)42(30-12-2-1-3-13-30)39(38)34-17-6-9-20-37(34)41/h1-25H. The van der Waals surface area contributed by atoms with Gasteiger partial charge in [-0.1, -0.05) is 97.1 Å². The van der Waals surface area contributed by atoms with E-state index in [-0.39, 0.29) is 0 Å². The van der Waals surface area contributed by atoms with Gasteiger partial charge in [-0.15, -0.1) is 0 Å². The second-order valence-corrected chi connectivity index (χ2v) is 10.5. The van der Waals surface area contributed by atoms with Crippen molar-refractivity contribution in [2.75, 3.05) is 4.90 Å². The molecule has 0 bridgehead atoms.